The number of para-hydroxylation sites is 1. The van der Waals surface area contributed by atoms with E-state index in [-0.39, 0.29) is 18.6 Å². The number of amides is 2. The molecule has 2 N–H and O–H groups in total. The Bertz CT molecular complexity index is 524. The van der Waals surface area contributed by atoms with Crippen molar-refractivity contribution in [3.8, 4) is 0 Å². The summed E-state index contributed by atoms with van der Waals surface area (Å²) in [6.45, 7) is -0.370. The van der Waals surface area contributed by atoms with Crippen molar-refractivity contribution in [3.05, 3.63) is 24.3 Å². The van der Waals surface area contributed by atoms with Crippen LogP contribution >= 0.6 is 11.8 Å². The first kappa shape index (κ1) is 17.0. The van der Waals surface area contributed by atoms with Gasteiger partial charge in [-0.1, -0.05) is 12.1 Å². The molecule has 8 heteroatoms. The first-order chi connectivity index (χ1) is 10.4. The summed E-state index contributed by atoms with van der Waals surface area (Å²) in [6, 6.07) is 6.72. The van der Waals surface area contributed by atoms with Crippen molar-refractivity contribution in [1.82, 2.24) is 10.2 Å². The molecular formula is C14H18F3N3OS. The van der Waals surface area contributed by atoms with E-state index in [9.17, 15) is 18.0 Å². The second-order valence-electron chi connectivity index (χ2n) is 5.13. The third-order valence-electron chi connectivity index (χ3n) is 3.37. The van der Waals surface area contributed by atoms with Gasteiger partial charge >= 0.3 is 12.2 Å². The molecule has 0 radical (unpaired) electrons. The second-order valence-corrected chi connectivity index (χ2v) is 5.98. The van der Waals surface area contributed by atoms with Gasteiger partial charge in [0, 0.05) is 24.0 Å². The molecule has 1 unspecified atom stereocenters. The lowest BCUT2D eigenvalue weighted by Crippen LogP contribution is -2.41. The number of nitrogens with one attached hydrogen (secondary N) is 2. The number of anilines is 1. The van der Waals surface area contributed by atoms with E-state index in [1.54, 1.807) is 6.07 Å². The lowest BCUT2D eigenvalue weighted by molar-refractivity contribution is -0.143. The van der Waals surface area contributed by atoms with Crippen molar-refractivity contribution in [2.45, 2.75) is 23.5 Å². The maximum Gasteiger partial charge on any atom is 0.401 e. The fraction of sp³-hybridized carbons (Fsp3) is 0.500. The van der Waals surface area contributed by atoms with E-state index in [0.29, 0.717) is 18.7 Å². The van der Waals surface area contributed by atoms with Gasteiger partial charge in [0.15, 0.2) is 0 Å². The minimum absolute atomic E-state index is 0.219. The second kappa shape index (κ2) is 7.23. The SMILES string of the molecule is CSc1ccccc1NC(=O)NC1CCN(CC(F)(F)F)C1. The number of thioether (sulfide) groups is 1. The number of likely N-dealkylation sites (tertiary alicyclic amines) is 1. The van der Waals surface area contributed by atoms with Crippen molar-refractivity contribution in [1.29, 1.82) is 0 Å². The molecule has 0 aromatic heterocycles. The summed E-state index contributed by atoms with van der Waals surface area (Å²) in [5, 5.41) is 5.47. The summed E-state index contributed by atoms with van der Waals surface area (Å²) in [5.74, 6) is 0. The van der Waals surface area contributed by atoms with Crippen LogP contribution in [0.5, 0.6) is 0 Å². The molecule has 2 rings (SSSR count). The molecule has 122 valence electrons. The van der Waals surface area contributed by atoms with Crippen LogP contribution in [-0.4, -0.2) is 49.0 Å². The summed E-state index contributed by atoms with van der Waals surface area (Å²) < 4.78 is 37.0. The topological polar surface area (TPSA) is 44.4 Å². The summed E-state index contributed by atoms with van der Waals surface area (Å²) in [5.41, 5.74) is 0.692. The Morgan fingerprint density at radius 3 is 2.82 bits per heavy atom. The quantitative estimate of drug-likeness (QED) is 0.832. The Balaban J connectivity index is 1.83. The van der Waals surface area contributed by atoms with Crippen molar-refractivity contribution in [3.63, 3.8) is 0 Å². The van der Waals surface area contributed by atoms with Gasteiger partial charge in [-0.3, -0.25) is 4.90 Å². The van der Waals surface area contributed by atoms with Gasteiger partial charge in [0.1, 0.15) is 0 Å². The van der Waals surface area contributed by atoms with Gasteiger partial charge < -0.3 is 10.6 Å². The summed E-state index contributed by atoms with van der Waals surface area (Å²) in [6.07, 6.45) is -1.77. The van der Waals surface area contributed by atoms with Crippen molar-refractivity contribution < 1.29 is 18.0 Å². The number of alkyl halides is 3. The van der Waals surface area contributed by atoms with E-state index in [0.717, 1.165) is 4.90 Å². The van der Waals surface area contributed by atoms with Crippen LogP contribution in [0.4, 0.5) is 23.7 Å². The Morgan fingerprint density at radius 2 is 2.14 bits per heavy atom. The molecule has 1 aromatic carbocycles. The van der Waals surface area contributed by atoms with Crippen LogP contribution in [0.25, 0.3) is 0 Å². The van der Waals surface area contributed by atoms with E-state index in [4.69, 9.17) is 0 Å². The van der Waals surface area contributed by atoms with Crippen LogP contribution in [0.1, 0.15) is 6.42 Å². The third kappa shape index (κ3) is 5.10. The van der Waals surface area contributed by atoms with E-state index in [2.05, 4.69) is 10.6 Å². The molecule has 0 saturated carbocycles. The molecule has 1 aromatic rings. The maximum atomic E-state index is 12.3. The van der Waals surface area contributed by atoms with E-state index >= 15 is 0 Å². The van der Waals surface area contributed by atoms with Gasteiger partial charge in [0.2, 0.25) is 0 Å². The number of hydrogen-bond acceptors (Lipinski definition) is 3. The fourth-order valence-electron chi connectivity index (χ4n) is 2.44. The number of hydrogen-bond donors (Lipinski definition) is 2. The Morgan fingerprint density at radius 1 is 1.41 bits per heavy atom. The zero-order valence-electron chi connectivity index (χ0n) is 12.1. The van der Waals surface area contributed by atoms with E-state index in [1.807, 2.05) is 24.5 Å². The van der Waals surface area contributed by atoms with Crippen molar-refractivity contribution in [2.75, 3.05) is 31.2 Å². The third-order valence-corrected chi connectivity index (χ3v) is 4.16. The molecule has 0 bridgehead atoms. The zero-order valence-corrected chi connectivity index (χ0v) is 12.9. The number of urea groups is 1. The summed E-state index contributed by atoms with van der Waals surface area (Å²) >= 11 is 1.51. The molecule has 22 heavy (non-hydrogen) atoms. The molecule has 1 aliphatic rings. The monoisotopic (exact) mass is 333 g/mol. The van der Waals surface area contributed by atoms with Gasteiger partial charge in [-0.15, -0.1) is 11.8 Å². The van der Waals surface area contributed by atoms with Gasteiger partial charge in [-0.2, -0.15) is 13.2 Å². The summed E-state index contributed by atoms with van der Waals surface area (Å²) in [7, 11) is 0. The largest absolute Gasteiger partial charge is 0.401 e. The van der Waals surface area contributed by atoms with Crippen LogP contribution in [0.3, 0.4) is 0 Å². The molecule has 1 heterocycles. The highest BCUT2D eigenvalue weighted by molar-refractivity contribution is 7.98. The Kier molecular flexibility index (Phi) is 5.57. The molecule has 1 saturated heterocycles. The van der Waals surface area contributed by atoms with Crippen LogP contribution in [0.2, 0.25) is 0 Å². The minimum Gasteiger partial charge on any atom is -0.334 e. The molecule has 0 aliphatic carbocycles. The normalized spacial score (nSPS) is 19.2. The molecule has 1 fully saturated rings. The first-order valence-corrected chi connectivity index (χ1v) is 8.09. The maximum absolute atomic E-state index is 12.3. The van der Waals surface area contributed by atoms with Crippen molar-refractivity contribution in [2.24, 2.45) is 0 Å². The average Bonchev–Trinajstić information content (AvgIpc) is 2.84. The number of carbonyl (C=O) groups is 1. The lowest BCUT2D eigenvalue weighted by Gasteiger charge is -2.18. The number of benzene rings is 1. The minimum atomic E-state index is -4.20. The average molecular weight is 333 g/mol. The van der Waals surface area contributed by atoms with Gasteiger partial charge in [-0.25, -0.2) is 4.79 Å². The van der Waals surface area contributed by atoms with Crippen LogP contribution in [-0.2, 0) is 0 Å². The standard InChI is InChI=1S/C14H18F3N3OS/c1-22-12-5-3-2-4-11(12)19-13(21)18-10-6-7-20(8-10)9-14(15,16)17/h2-5,10H,6-9H2,1H3,(H2,18,19,21). The first-order valence-electron chi connectivity index (χ1n) is 6.87. The number of rotatable bonds is 4. The van der Waals surface area contributed by atoms with Gasteiger partial charge in [0.05, 0.1) is 12.2 Å². The molecule has 1 atom stereocenters. The smallest absolute Gasteiger partial charge is 0.334 e. The van der Waals surface area contributed by atoms with Gasteiger partial charge in [-0.05, 0) is 24.8 Å². The highest BCUT2D eigenvalue weighted by Gasteiger charge is 2.34. The number of halogens is 3. The van der Waals surface area contributed by atoms with Gasteiger partial charge in [0.25, 0.3) is 0 Å². The fourth-order valence-corrected chi connectivity index (χ4v) is 2.99. The highest BCUT2D eigenvalue weighted by atomic mass is 32.2. The lowest BCUT2D eigenvalue weighted by atomic mass is 10.3. The highest BCUT2D eigenvalue weighted by Crippen LogP contribution is 2.24. The van der Waals surface area contributed by atoms with Crippen LogP contribution in [0.15, 0.2) is 29.2 Å². The Labute approximate surface area is 131 Å². The zero-order chi connectivity index (χ0) is 16.2. The summed E-state index contributed by atoms with van der Waals surface area (Å²) in [4.78, 5) is 14.2. The molecular weight excluding hydrogens is 315 g/mol. The number of nitrogens with zero attached hydrogens (tertiary/aromatic N) is 1. The van der Waals surface area contributed by atoms with E-state index in [1.165, 1.54) is 16.7 Å². The number of carbonyl (C=O) groups excluding carboxylic acids is 1. The molecule has 1 aliphatic heterocycles. The Hall–Kier alpha value is -1.41. The predicted octanol–water partition coefficient (Wildman–Crippen LogP) is 3.17. The van der Waals surface area contributed by atoms with E-state index < -0.39 is 12.7 Å². The predicted molar refractivity (Wildman–Crippen MR) is 81.3 cm³/mol. The van der Waals surface area contributed by atoms with Crippen LogP contribution < -0.4 is 10.6 Å². The molecule has 4 nitrogen and oxygen atoms in total. The van der Waals surface area contributed by atoms with Crippen LogP contribution in [0, 0.1) is 0 Å². The molecule has 2 amide bonds. The molecule has 0 spiro atoms. The van der Waals surface area contributed by atoms with Crippen molar-refractivity contribution >= 4 is 23.5 Å².